The minimum Gasteiger partial charge on any atom is -0.496 e. The number of ether oxygens (including phenoxy) is 1. The Bertz CT molecular complexity index is 1460. The number of anilines is 1. The molecule has 0 atom stereocenters. The van der Waals surface area contributed by atoms with E-state index in [0.717, 1.165) is 28.7 Å². The van der Waals surface area contributed by atoms with Gasteiger partial charge in [0.05, 0.1) is 12.7 Å². The van der Waals surface area contributed by atoms with Gasteiger partial charge in [-0.05, 0) is 43.3 Å². The van der Waals surface area contributed by atoms with Crippen molar-refractivity contribution >= 4 is 33.4 Å². The van der Waals surface area contributed by atoms with Gasteiger partial charge in [0.1, 0.15) is 11.4 Å². The van der Waals surface area contributed by atoms with E-state index in [-0.39, 0.29) is 5.91 Å². The molecule has 5 aromatic rings. The summed E-state index contributed by atoms with van der Waals surface area (Å²) >= 11 is 0. The molecule has 32 heavy (non-hydrogen) atoms. The van der Waals surface area contributed by atoms with Crippen molar-refractivity contribution in [1.82, 2.24) is 14.3 Å². The Balaban J connectivity index is 1.54. The molecule has 3 aromatic carbocycles. The lowest BCUT2D eigenvalue weighted by Gasteiger charge is -2.09. The van der Waals surface area contributed by atoms with Crippen molar-refractivity contribution in [3.8, 4) is 17.0 Å². The number of rotatable bonds is 5. The summed E-state index contributed by atoms with van der Waals surface area (Å²) in [7, 11) is 3.42. The number of nitrogens with one attached hydrogen (secondary N) is 1. The average molecular weight is 425 g/mol. The zero-order chi connectivity index (χ0) is 22.2. The second-order valence-corrected chi connectivity index (χ2v) is 7.71. The van der Waals surface area contributed by atoms with Crippen LogP contribution in [0.1, 0.15) is 17.3 Å². The van der Waals surface area contributed by atoms with Gasteiger partial charge in [-0.25, -0.2) is 0 Å². The third-order valence-electron chi connectivity index (χ3n) is 5.78. The minimum atomic E-state index is -0.211. The van der Waals surface area contributed by atoms with Gasteiger partial charge in [0.15, 0.2) is 0 Å². The molecule has 0 radical (unpaired) electrons. The summed E-state index contributed by atoms with van der Waals surface area (Å²) in [5.74, 6) is 0.464. The first-order chi connectivity index (χ1) is 15.6. The molecule has 0 unspecified atom stereocenters. The molecule has 0 saturated carbocycles. The Hall–Kier alpha value is -4.06. The van der Waals surface area contributed by atoms with Crippen LogP contribution in [-0.4, -0.2) is 27.4 Å². The zero-order valence-electron chi connectivity index (χ0n) is 18.3. The maximum absolute atomic E-state index is 13.3. The van der Waals surface area contributed by atoms with Crippen molar-refractivity contribution in [3.63, 3.8) is 0 Å². The average Bonchev–Trinajstić information content (AvgIpc) is 3.36. The summed E-state index contributed by atoms with van der Waals surface area (Å²) in [6.45, 7) is 3.02. The number of amides is 1. The number of hydrogen-bond acceptors (Lipinski definition) is 3. The van der Waals surface area contributed by atoms with Gasteiger partial charge in [-0.1, -0.05) is 30.3 Å². The van der Waals surface area contributed by atoms with Gasteiger partial charge in [0.2, 0.25) is 0 Å². The molecule has 5 rings (SSSR count). The first-order valence-electron chi connectivity index (χ1n) is 10.6. The number of aryl methyl sites for hydroxylation is 2. The fourth-order valence-electron chi connectivity index (χ4n) is 4.36. The molecule has 0 aliphatic rings. The number of hydrogen-bond donors (Lipinski definition) is 1. The van der Waals surface area contributed by atoms with Gasteiger partial charge < -0.3 is 14.6 Å². The van der Waals surface area contributed by atoms with Crippen LogP contribution in [0.5, 0.6) is 5.75 Å². The predicted molar refractivity (Wildman–Crippen MR) is 128 cm³/mol. The van der Waals surface area contributed by atoms with Gasteiger partial charge in [-0.3, -0.25) is 9.48 Å². The second kappa shape index (κ2) is 7.89. The fourth-order valence-corrected chi connectivity index (χ4v) is 4.36. The van der Waals surface area contributed by atoms with E-state index in [1.807, 2.05) is 42.5 Å². The third-order valence-corrected chi connectivity index (χ3v) is 5.78. The van der Waals surface area contributed by atoms with Crippen LogP contribution in [0.15, 0.2) is 72.9 Å². The summed E-state index contributed by atoms with van der Waals surface area (Å²) in [4.78, 5) is 13.3. The van der Waals surface area contributed by atoms with Crippen LogP contribution in [0.4, 0.5) is 5.69 Å². The largest absolute Gasteiger partial charge is 0.496 e. The van der Waals surface area contributed by atoms with E-state index in [1.165, 1.54) is 10.9 Å². The summed E-state index contributed by atoms with van der Waals surface area (Å²) in [5, 5.41) is 9.89. The molecule has 2 aromatic heterocycles. The molecule has 0 aliphatic carbocycles. The number of methoxy groups -OCH3 is 1. The van der Waals surface area contributed by atoms with Crippen molar-refractivity contribution in [2.45, 2.75) is 13.5 Å². The molecule has 1 N–H and O–H groups in total. The number of carbonyl (C=O) groups is 1. The smallest absolute Gasteiger partial charge is 0.259 e. The zero-order valence-corrected chi connectivity index (χ0v) is 18.3. The van der Waals surface area contributed by atoms with Gasteiger partial charge >= 0.3 is 0 Å². The van der Waals surface area contributed by atoms with E-state index >= 15 is 0 Å². The molecule has 0 spiro atoms. The highest BCUT2D eigenvalue weighted by Crippen LogP contribution is 2.33. The topological polar surface area (TPSA) is 61.1 Å². The van der Waals surface area contributed by atoms with Gasteiger partial charge in [-0.15, -0.1) is 0 Å². The number of nitrogens with zero attached hydrogens (tertiary/aromatic N) is 3. The number of carbonyl (C=O) groups excluding carboxylic acids is 1. The Kier molecular flexibility index (Phi) is 4.90. The van der Waals surface area contributed by atoms with Crippen molar-refractivity contribution in [3.05, 3.63) is 78.5 Å². The van der Waals surface area contributed by atoms with E-state index in [0.29, 0.717) is 17.0 Å². The highest BCUT2D eigenvalue weighted by molar-refractivity contribution is 6.12. The molecule has 6 nitrogen and oxygen atoms in total. The van der Waals surface area contributed by atoms with Crippen molar-refractivity contribution < 1.29 is 9.53 Å². The van der Waals surface area contributed by atoms with Crippen LogP contribution in [-0.2, 0) is 13.6 Å². The van der Waals surface area contributed by atoms with Crippen LogP contribution in [0.2, 0.25) is 0 Å². The number of fused-ring (bicyclic) bond motifs is 3. The first kappa shape index (κ1) is 19.9. The Morgan fingerprint density at radius 2 is 1.75 bits per heavy atom. The summed E-state index contributed by atoms with van der Waals surface area (Å²) in [6, 6.07) is 22.0. The maximum atomic E-state index is 13.3. The van der Waals surface area contributed by atoms with E-state index < -0.39 is 0 Å². The first-order valence-corrected chi connectivity index (χ1v) is 10.6. The Labute approximate surface area is 186 Å². The fraction of sp³-hybridized carbons (Fsp3) is 0.154. The molecule has 160 valence electrons. The maximum Gasteiger partial charge on any atom is 0.259 e. The lowest BCUT2D eigenvalue weighted by Crippen LogP contribution is -2.12. The summed E-state index contributed by atoms with van der Waals surface area (Å²) in [6.07, 6.45) is 1.73. The van der Waals surface area contributed by atoms with Crippen molar-refractivity contribution in [1.29, 1.82) is 0 Å². The van der Waals surface area contributed by atoms with Crippen LogP contribution in [0.3, 0.4) is 0 Å². The number of para-hydroxylation sites is 2. The quantitative estimate of drug-likeness (QED) is 0.407. The molecule has 6 heteroatoms. The molecule has 0 saturated heterocycles. The Morgan fingerprint density at radius 1 is 1.00 bits per heavy atom. The van der Waals surface area contributed by atoms with E-state index in [4.69, 9.17) is 4.74 Å². The standard InChI is InChI=1S/C26H24N4O2/c1-4-30-22-11-7-5-9-18(22)20-15-17(13-14-23(20)30)27-26(31)21-16-29(2)28-25(21)19-10-6-8-12-24(19)32-3/h5-16H,4H2,1-3H3,(H,27,31). The lowest BCUT2D eigenvalue weighted by atomic mass is 10.1. The highest BCUT2D eigenvalue weighted by Gasteiger charge is 2.20. The SMILES string of the molecule is CCn1c2ccccc2c2cc(NC(=O)c3cn(C)nc3-c3ccccc3OC)ccc21. The Morgan fingerprint density at radius 3 is 2.56 bits per heavy atom. The molecule has 2 heterocycles. The lowest BCUT2D eigenvalue weighted by molar-refractivity contribution is 0.102. The summed E-state index contributed by atoms with van der Waals surface area (Å²) in [5.41, 5.74) is 4.96. The van der Waals surface area contributed by atoms with Gasteiger partial charge in [0, 0.05) is 52.8 Å². The van der Waals surface area contributed by atoms with E-state index in [2.05, 4.69) is 46.2 Å². The molecule has 0 fully saturated rings. The molecular formula is C26H24N4O2. The van der Waals surface area contributed by atoms with Crippen LogP contribution < -0.4 is 10.1 Å². The molecule has 0 bridgehead atoms. The van der Waals surface area contributed by atoms with Crippen LogP contribution in [0, 0.1) is 0 Å². The monoisotopic (exact) mass is 424 g/mol. The second-order valence-electron chi connectivity index (χ2n) is 7.71. The third kappa shape index (κ3) is 3.21. The molecule has 1 amide bonds. The summed E-state index contributed by atoms with van der Waals surface area (Å²) < 4.78 is 9.42. The van der Waals surface area contributed by atoms with Crippen molar-refractivity contribution in [2.24, 2.45) is 7.05 Å². The van der Waals surface area contributed by atoms with Gasteiger partial charge in [0.25, 0.3) is 5.91 Å². The van der Waals surface area contributed by atoms with E-state index in [1.54, 1.807) is 25.0 Å². The highest BCUT2D eigenvalue weighted by atomic mass is 16.5. The molecule has 0 aliphatic heterocycles. The number of aromatic nitrogens is 3. The van der Waals surface area contributed by atoms with Crippen LogP contribution >= 0.6 is 0 Å². The number of benzene rings is 3. The van der Waals surface area contributed by atoms with E-state index in [9.17, 15) is 4.79 Å². The predicted octanol–water partition coefficient (Wildman–Crippen LogP) is 5.48. The van der Waals surface area contributed by atoms with Crippen LogP contribution in [0.25, 0.3) is 33.1 Å². The molecular weight excluding hydrogens is 400 g/mol. The normalized spacial score (nSPS) is 11.2. The van der Waals surface area contributed by atoms with Gasteiger partial charge in [-0.2, -0.15) is 5.10 Å². The minimum absolute atomic E-state index is 0.211. The van der Waals surface area contributed by atoms with Crippen molar-refractivity contribution in [2.75, 3.05) is 12.4 Å².